The molecule has 0 radical (unpaired) electrons. The molecule has 3 aromatic rings. The number of halogens is 1. The average molecular weight is 413 g/mol. The third-order valence-electron chi connectivity index (χ3n) is 4.55. The minimum absolute atomic E-state index is 0.179. The summed E-state index contributed by atoms with van der Waals surface area (Å²) in [5, 5.41) is 20.5. The Morgan fingerprint density at radius 1 is 0.846 bits per heavy atom. The summed E-state index contributed by atoms with van der Waals surface area (Å²) < 4.78 is 0.615. The number of rotatable bonds is 2. The Morgan fingerprint density at radius 3 is 2.23 bits per heavy atom. The largest absolute Gasteiger partial charge is 0.508 e. The van der Waals surface area contributed by atoms with Gasteiger partial charge in [-0.3, -0.25) is 9.59 Å². The minimum atomic E-state index is 0.179. The van der Waals surface area contributed by atoms with Crippen molar-refractivity contribution >= 4 is 39.3 Å². The van der Waals surface area contributed by atoms with Crippen LogP contribution in [-0.2, 0) is 12.8 Å². The fourth-order valence-corrected chi connectivity index (χ4v) is 3.81. The van der Waals surface area contributed by atoms with Crippen LogP contribution in [0.4, 0.5) is 0 Å². The number of hydrogen-bond donors (Lipinski definition) is 2. The molecule has 0 heterocycles. The maximum absolute atomic E-state index is 10.8. The molecule has 0 fully saturated rings. The molecule has 0 saturated heterocycles. The van der Waals surface area contributed by atoms with Crippen molar-refractivity contribution in [2.75, 3.05) is 0 Å². The fraction of sp³-hybridized carbons (Fsp3) is 0.143. The highest BCUT2D eigenvalue weighted by molar-refractivity contribution is 9.10. The molecule has 4 rings (SSSR count). The zero-order valence-corrected chi connectivity index (χ0v) is 15.5. The van der Waals surface area contributed by atoms with E-state index in [9.17, 15) is 19.8 Å². The van der Waals surface area contributed by atoms with Gasteiger partial charge >= 0.3 is 0 Å². The van der Waals surface area contributed by atoms with E-state index < -0.39 is 0 Å². The molecule has 1 aliphatic rings. The molecule has 3 aromatic carbocycles. The van der Waals surface area contributed by atoms with Gasteiger partial charge in [-0.2, -0.15) is 0 Å². The van der Waals surface area contributed by atoms with Crippen LogP contribution in [-0.4, -0.2) is 22.8 Å². The van der Waals surface area contributed by atoms with Crippen LogP contribution < -0.4 is 0 Å². The number of phenols is 2. The van der Waals surface area contributed by atoms with Crippen LogP contribution in [0.25, 0.3) is 10.8 Å². The molecule has 26 heavy (non-hydrogen) atoms. The van der Waals surface area contributed by atoms with Crippen LogP contribution >= 0.6 is 15.9 Å². The highest BCUT2D eigenvalue weighted by atomic mass is 79.9. The van der Waals surface area contributed by atoms with Gasteiger partial charge in [0.25, 0.3) is 0 Å². The van der Waals surface area contributed by atoms with Crippen molar-refractivity contribution in [2.45, 2.75) is 19.3 Å². The van der Waals surface area contributed by atoms with Gasteiger partial charge in [0.1, 0.15) is 17.8 Å². The first-order valence-electron chi connectivity index (χ1n) is 8.21. The molecule has 0 amide bonds. The van der Waals surface area contributed by atoms with Gasteiger partial charge in [-0.15, -0.1) is 0 Å². The normalized spacial score (nSPS) is 12.2. The Kier molecular flexibility index (Phi) is 5.38. The third-order valence-corrected chi connectivity index (χ3v) is 5.21. The maximum Gasteiger partial charge on any atom is 0.151 e. The highest BCUT2D eigenvalue weighted by Gasteiger charge is 2.17. The summed E-state index contributed by atoms with van der Waals surface area (Å²) in [6.45, 7) is 0. The van der Waals surface area contributed by atoms with Crippen molar-refractivity contribution in [3.05, 3.63) is 69.2 Å². The number of aldehydes is 2. The Labute approximate surface area is 159 Å². The van der Waals surface area contributed by atoms with E-state index >= 15 is 0 Å². The van der Waals surface area contributed by atoms with E-state index in [1.165, 1.54) is 6.07 Å². The first kappa shape index (κ1) is 18.1. The first-order valence-corrected chi connectivity index (χ1v) is 9.00. The highest BCUT2D eigenvalue weighted by Crippen LogP contribution is 2.33. The molecule has 132 valence electrons. The summed E-state index contributed by atoms with van der Waals surface area (Å²) in [6, 6.07) is 12.1. The van der Waals surface area contributed by atoms with Gasteiger partial charge in [0, 0.05) is 21.0 Å². The molecule has 1 aliphatic carbocycles. The van der Waals surface area contributed by atoms with Crippen molar-refractivity contribution < 1.29 is 19.8 Å². The van der Waals surface area contributed by atoms with E-state index in [0.29, 0.717) is 21.2 Å². The Bertz CT molecular complexity index is 995. The van der Waals surface area contributed by atoms with Crippen LogP contribution in [0.3, 0.4) is 0 Å². The van der Waals surface area contributed by atoms with Crippen molar-refractivity contribution in [3.63, 3.8) is 0 Å². The molecule has 0 aromatic heterocycles. The Balaban J connectivity index is 0.000000152. The van der Waals surface area contributed by atoms with Gasteiger partial charge in [0.2, 0.25) is 0 Å². The predicted molar refractivity (Wildman–Crippen MR) is 104 cm³/mol. The van der Waals surface area contributed by atoms with Crippen LogP contribution in [0.5, 0.6) is 11.5 Å². The number of fused-ring (bicyclic) bond motifs is 2. The van der Waals surface area contributed by atoms with Gasteiger partial charge < -0.3 is 10.2 Å². The van der Waals surface area contributed by atoms with E-state index in [4.69, 9.17) is 0 Å². The molecule has 0 aliphatic heterocycles. The van der Waals surface area contributed by atoms with Crippen molar-refractivity contribution in [3.8, 4) is 11.5 Å². The number of phenolic OH excluding ortho intramolecular Hbond substituents is 2. The van der Waals surface area contributed by atoms with E-state index in [1.807, 2.05) is 18.2 Å². The Hall–Kier alpha value is -2.66. The first-order chi connectivity index (χ1) is 12.6. The van der Waals surface area contributed by atoms with E-state index in [0.717, 1.165) is 53.9 Å². The quantitative estimate of drug-likeness (QED) is 0.591. The van der Waals surface area contributed by atoms with Gasteiger partial charge in [-0.25, -0.2) is 0 Å². The number of carbonyl (C=O) groups is 2. The SMILES string of the molecule is O=Cc1c(Br)cc(O)c2ccccc12.O=Cc1ccc(O)c2c1CCC2. The van der Waals surface area contributed by atoms with Crippen molar-refractivity contribution in [1.29, 1.82) is 0 Å². The fourth-order valence-electron chi connectivity index (χ4n) is 3.29. The molecular formula is C21H17BrO4. The molecule has 4 nitrogen and oxygen atoms in total. The number of hydrogen-bond acceptors (Lipinski definition) is 4. The van der Waals surface area contributed by atoms with Gasteiger partial charge in [-0.05, 0) is 69.9 Å². The summed E-state index contributed by atoms with van der Waals surface area (Å²) in [5.41, 5.74) is 3.32. The lowest BCUT2D eigenvalue weighted by Gasteiger charge is -2.05. The third kappa shape index (κ3) is 3.35. The molecule has 0 bridgehead atoms. The summed E-state index contributed by atoms with van der Waals surface area (Å²) in [7, 11) is 0. The predicted octanol–water partition coefficient (Wildman–Crippen LogP) is 4.81. The maximum atomic E-state index is 10.8. The summed E-state index contributed by atoms with van der Waals surface area (Å²) >= 11 is 3.24. The molecule has 2 N–H and O–H groups in total. The lowest BCUT2D eigenvalue weighted by molar-refractivity contribution is 0.111. The lowest BCUT2D eigenvalue weighted by atomic mass is 10.0. The van der Waals surface area contributed by atoms with Gasteiger partial charge in [0.05, 0.1) is 0 Å². The van der Waals surface area contributed by atoms with Gasteiger partial charge in [-0.1, -0.05) is 24.3 Å². The number of carbonyl (C=O) groups excluding carboxylic acids is 2. The molecule has 5 heteroatoms. The van der Waals surface area contributed by atoms with E-state index in [-0.39, 0.29) is 5.75 Å². The molecule has 0 saturated carbocycles. The van der Waals surface area contributed by atoms with Gasteiger partial charge in [0.15, 0.2) is 6.29 Å². The molecular weight excluding hydrogens is 396 g/mol. The second kappa shape index (κ2) is 7.70. The zero-order chi connectivity index (χ0) is 18.7. The summed E-state index contributed by atoms with van der Waals surface area (Å²) in [4.78, 5) is 21.4. The summed E-state index contributed by atoms with van der Waals surface area (Å²) in [5.74, 6) is 0.520. The van der Waals surface area contributed by atoms with Crippen molar-refractivity contribution in [2.24, 2.45) is 0 Å². The van der Waals surface area contributed by atoms with E-state index in [1.54, 1.807) is 18.2 Å². The lowest BCUT2D eigenvalue weighted by Crippen LogP contribution is -1.90. The zero-order valence-electron chi connectivity index (χ0n) is 13.9. The Morgan fingerprint density at radius 2 is 1.54 bits per heavy atom. The van der Waals surface area contributed by atoms with Crippen molar-refractivity contribution in [1.82, 2.24) is 0 Å². The monoisotopic (exact) mass is 412 g/mol. The van der Waals surface area contributed by atoms with Crippen LogP contribution in [0.1, 0.15) is 38.3 Å². The molecule has 0 atom stereocenters. The van der Waals surface area contributed by atoms with Crippen LogP contribution in [0.2, 0.25) is 0 Å². The van der Waals surface area contributed by atoms with Crippen LogP contribution in [0.15, 0.2) is 46.9 Å². The number of benzene rings is 3. The number of aromatic hydroxyl groups is 2. The topological polar surface area (TPSA) is 74.6 Å². The minimum Gasteiger partial charge on any atom is -0.508 e. The second-order valence-electron chi connectivity index (χ2n) is 6.06. The second-order valence-corrected chi connectivity index (χ2v) is 6.91. The molecule has 0 unspecified atom stereocenters. The average Bonchev–Trinajstić information content (AvgIpc) is 3.14. The smallest absolute Gasteiger partial charge is 0.151 e. The molecule has 0 spiro atoms. The standard InChI is InChI=1S/C11H7BrO2.C10H10O2/c12-10-5-11(14)8-4-2-1-3-7(8)9(10)6-13;11-6-7-4-5-10(12)9-3-1-2-8(7)9/h1-6,14H;4-6,12H,1-3H2. The van der Waals surface area contributed by atoms with Crippen LogP contribution in [0, 0.1) is 0 Å². The van der Waals surface area contributed by atoms with E-state index in [2.05, 4.69) is 15.9 Å². The summed E-state index contributed by atoms with van der Waals surface area (Å²) in [6.07, 6.45) is 4.53.